The molecule has 34 heavy (non-hydrogen) atoms. The van der Waals surface area contributed by atoms with E-state index in [0.717, 1.165) is 60.0 Å². The van der Waals surface area contributed by atoms with Crippen LogP contribution >= 0.6 is 0 Å². The van der Waals surface area contributed by atoms with E-state index < -0.39 is 0 Å². The standard InChI is InChI=1S/C26H28N6O2/c1-26(13-14-26)19-7-5-6-18-21(19)29-25(28-20-8-3-4-15-27-24(20)33)32-23(18)30-22(31-32)16-9-11-17(34-2)12-10-16/h5-7,9-12,20H,3-4,8,13-15H2,1-2H3,(H,27,33)(H,28,29)/t20-/m1/s1. The Bertz CT molecular complexity index is 1390. The highest BCUT2D eigenvalue weighted by Gasteiger charge is 2.41. The lowest BCUT2D eigenvalue weighted by atomic mass is 9.96. The fourth-order valence-electron chi connectivity index (χ4n) is 4.76. The molecular weight excluding hydrogens is 428 g/mol. The van der Waals surface area contributed by atoms with E-state index >= 15 is 0 Å². The lowest BCUT2D eigenvalue weighted by molar-refractivity contribution is -0.121. The van der Waals surface area contributed by atoms with Crippen molar-refractivity contribution in [2.45, 2.75) is 50.5 Å². The van der Waals surface area contributed by atoms with Gasteiger partial charge in [0, 0.05) is 17.5 Å². The predicted octanol–water partition coefficient (Wildman–Crippen LogP) is 4.09. The third-order valence-electron chi connectivity index (χ3n) is 7.14. The summed E-state index contributed by atoms with van der Waals surface area (Å²) in [4.78, 5) is 22.7. The highest BCUT2D eigenvalue weighted by molar-refractivity contribution is 5.96. The molecule has 2 fully saturated rings. The van der Waals surface area contributed by atoms with Crippen LogP contribution in [0.4, 0.5) is 5.95 Å². The summed E-state index contributed by atoms with van der Waals surface area (Å²) in [5, 5.41) is 12.2. The number of nitrogens with zero attached hydrogens (tertiary/aromatic N) is 4. The molecule has 0 bridgehead atoms. The first-order chi connectivity index (χ1) is 16.6. The zero-order valence-corrected chi connectivity index (χ0v) is 19.5. The summed E-state index contributed by atoms with van der Waals surface area (Å²) in [6.45, 7) is 3.00. The second-order valence-electron chi connectivity index (χ2n) is 9.58. The highest BCUT2D eigenvalue weighted by atomic mass is 16.5. The number of carbonyl (C=O) groups is 1. The van der Waals surface area contributed by atoms with E-state index in [0.29, 0.717) is 18.3 Å². The van der Waals surface area contributed by atoms with Gasteiger partial charge in [0.05, 0.1) is 12.6 Å². The molecule has 8 nitrogen and oxygen atoms in total. The van der Waals surface area contributed by atoms with Gasteiger partial charge in [0.15, 0.2) is 11.5 Å². The molecule has 1 aliphatic carbocycles. The Labute approximate surface area is 197 Å². The molecule has 1 saturated heterocycles. The topological polar surface area (TPSA) is 93.4 Å². The molecule has 0 spiro atoms. The number of methoxy groups -OCH3 is 1. The van der Waals surface area contributed by atoms with Crippen molar-refractivity contribution in [3.8, 4) is 17.1 Å². The first-order valence-electron chi connectivity index (χ1n) is 11.9. The van der Waals surface area contributed by atoms with Crippen LogP contribution in [0.1, 0.15) is 44.6 Å². The SMILES string of the molecule is COc1ccc(-c2nc3c4cccc(C5(C)CC5)c4nc(N[C@@H]4CCCCNC4=O)n3n2)cc1. The summed E-state index contributed by atoms with van der Waals surface area (Å²) >= 11 is 0. The van der Waals surface area contributed by atoms with Crippen LogP contribution in [0.5, 0.6) is 5.75 Å². The van der Waals surface area contributed by atoms with Gasteiger partial charge >= 0.3 is 0 Å². The molecule has 2 aromatic carbocycles. The zero-order chi connectivity index (χ0) is 23.3. The predicted molar refractivity (Wildman–Crippen MR) is 131 cm³/mol. The van der Waals surface area contributed by atoms with Crippen molar-refractivity contribution in [3.05, 3.63) is 48.0 Å². The first-order valence-corrected chi connectivity index (χ1v) is 11.9. The number of para-hydroxylation sites is 1. The summed E-state index contributed by atoms with van der Waals surface area (Å²) < 4.78 is 7.04. The molecule has 1 atom stereocenters. The third kappa shape index (κ3) is 3.54. The zero-order valence-electron chi connectivity index (χ0n) is 19.5. The molecule has 174 valence electrons. The van der Waals surface area contributed by atoms with Crippen LogP contribution < -0.4 is 15.4 Å². The van der Waals surface area contributed by atoms with Crippen LogP contribution in [0.2, 0.25) is 0 Å². The molecule has 3 heterocycles. The van der Waals surface area contributed by atoms with Crippen LogP contribution in [-0.4, -0.2) is 45.2 Å². The Morgan fingerprint density at radius 1 is 1.12 bits per heavy atom. The fraction of sp³-hybridized carbons (Fsp3) is 0.385. The van der Waals surface area contributed by atoms with Gasteiger partial charge in [-0.3, -0.25) is 4.79 Å². The number of benzene rings is 2. The van der Waals surface area contributed by atoms with E-state index in [1.807, 2.05) is 24.3 Å². The first kappa shape index (κ1) is 20.9. The maximum absolute atomic E-state index is 12.7. The van der Waals surface area contributed by atoms with E-state index in [4.69, 9.17) is 19.8 Å². The minimum atomic E-state index is -0.354. The van der Waals surface area contributed by atoms with E-state index in [1.54, 1.807) is 11.6 Å². The smallest absolute Gasteiger partial charge is 0.242 e. The number of nitrogens with one attached hydrogen (secondary N) is 2. The van der Waals surface area contributed by atoms with Gasteiger partial charge in [-0.15, -0.1) is 5.10 Å². The summed E-state index contributed by atoms with van der Waals surface area (Å²) in [6, 6.07) is 13.7. The third-order valence-corrected chi connectivity index (χ3v) is 7.14. The monoisotopic (exact) mass is 456 g/mol. The summed E-state index contributed by atoms with van der Waals surface area (Å²) in [6.07, 6.45) is 5.02. The average Bonchev–Trinajstić information content (AvgIpc) is 3.50. The maximum atomic E-state index is 12.7. The second-order valence-corrected chi connectivity index (χ2v) is 9.58. The average molecular weight is 457 g/mol. The Morgan fingerprint density at radius 3 is 2.71 bits per heavy atom. The summed E-state index contributed by atoms with van der Waals surface area (Å²) in [5.41, 5.74) is 3.93. The molecular formula is C26H28N6O2. The normalized spacial score (nSPS) is 19.6. The minimum Gasteiger partial charge on any atom is -0.497 e. The Balaban J connectivity index is 1.54. The van der Waals surface area contributed by atoms with Crippen LogP contribution in [0.3, 0.4) is 0 Å². The molecule has 1 aliphatic heterocycles. The molecule has 2 aliphatic rings. The van der Waals surface area contributed by atoms with Gasteiger partial charge in [0.25, 0.3) is 0 Å². The van der Waals surface area contributed by atoms with E-state index in [-0.39, 0.29) is 17.4 Å². The molecule has 2 aromatic heterocycles. The molecule has 4 aromatic rings. The van der Waals surface area contributed by atoms with Crippen LogP contribution in [-0.2, 0) is 10.2 Å². The Hall–Kier alpha value is -3.68. The summed E-state index contributed by atoms with van der Waals surface area (Å²) in [5.74, 6) is 1.94. The van der Waals surface area contributed by atoms with Crippen molar-refractivity contribution >= 4 is 28.4 Å². The van der Waals surface area contributed by atoms with Gasteiger partial charge in [0.1, 0.15) is 11.8 Å². The van der Waals surface area contributed by atoms with Gasteiger partial charge in [-0.1, -0.05) is 19.1 Å². The minimum absolute atomic E-state index is 0.00507. The molecule has 8 heteroatoms. The van der Waals surface area contributed by atoms with Gasteiger partial charge < -0.3 is 15.4 Å². The van der Waals surface area contributed by atoms with Crippen molar-refractivity contribution in [2.75, 3.05) is 19.0 Å². The fourth-order valence-corrected chi connectivity index (χ4v) is 4.76. The molecule has 1 saturated carbocycles. The number of anilines is 1. The van der Waals surface area contributed by atoms with Crippen molar-refractivity contribution in [1.29, 1.82) is 0 Å². The van der Waals surface area contributed by atoms with Gasteiger partial charge in [-0.2, -0.15) is 4.52 Å². The highest BCUT2D eigenvalue weighted by Crippen LogP contribution is 2.49. The number of carbonyl (C=O) groups excluding carboxylic acids is 1. The van der Waals surface area contributed by atoms with Gasteiger partial charge in [0.2, 0.25) is 11.9 Å². The molecule has 2 N–H and O–H groups in total. The lowest BCUT2D eigenvalue weighted by Gasteiger charge is -2.18. The van der Waals surface area contributed by atoms with Crippen LogP contribution in [0.25, 0.3) is 27.9 Å². The molecule has 0 unspecified atom stereocenters. The molecule has 6 rings (SSSR count). The number of amides is 1. The molecule has 0 radical (unpaired) electrons. The number of fused-ring (bicyclic) bond motifs is 3. The number of hydrogen-bond donors (Lipinski definition) is 2. The quantitative estimate of drug-likeness (QED) is 0.470. The summed E-state index contributed by atoms with van der Waals surface area (Å²) in [7, 11) is 1.65. The van der Waals surface area contributed by atoms with Crippen molar-refractivity contribution in [2.24, 2.45) is 0 Å². The van der Waals surface area contributed by atoms with Crippen molar-refractivity contribution in [3.63, 3.8) is 0 Å². The van der Waals surface area contributed by atoms with Crippen LogP contribution in [0, 0.1) is 0 Å². The molecule has 1 amide bonds. The van der Waals surface area contributed by atoms with Crippen molar-refractivity contribution in [1.82, 2.24) is 24.9 Å². The number of hydrogen-bond acceptors (Lipinski definition) is 6. The Morgan fingerprint density at radius 2 is 1.94 bits per heavy atom. The largest absolute Gasteiger partial charge is 0.497 e. The van der Waals surface area contributed by atoms with E-state index in [2.05, 4.69) is 35.8 Å². The number of aromatic nitrogens is 4. The van der Waals surface area contributed by atoms with Crippen molar-refractivity contribution < 1.29 is 9.53 Å². The second kappa shape index (κ2) is 7.97. The van der Waals surface area contributed by atoms with E-state index in [1.165, 1.54) is 5.56 Å². The number of rotatable bonds is 5. The van der Waals surface area contributed by atoms with Gasteiger partial charge in [-0.05, 0) is 73.4 Å². The van der Waals surface area contributed by atoms with Crippen LogP contribution in [0.15, 0.2) is 42.5 Å². The Kier molecular flexibility index (Phi) is 4.90. The number of ether oxygens (including phenoxy) is 1. The maximum Gasteiger partial charge on any atom is 0.242 e. The van der Waals surface area contributed by atoms with Gasteiger partial charge in [-0.25, -0.2) is 9.97 Å². The van der Waals surface area contributed by atoms with E-state index in [9.17, 15) is 4.79 Å². The lowest BCUT2D eigenvalue weighted by Crippen LogP contribution is -2.38.